The number of primary amides is 1. The number of hydrogen-bond acceptors (Lipinski definition) is 3. The van der Waals surface area contributed by atoms with Crippen molar-refractivity contribution in [2.45, 2.75) is 19.3 Å². The van der Waals surface area contributed by atoms with Crippen molar-refractivity contribution in [3.63, 3.8) is 0 Å². The largest absolute Gasteiger partial charge is 0.369 e. The average molecular weight is 155 g/mol. The molecular formula is C7H9NO3. The molecule has 1 aliphatic carbocycles. The highest BCUT2D eigenvalue weighted by Gasteiger charge is 2.28. The number of amides is 1. The molecule has 0 heterocycles. The number of hydrogen-bond donors (Lipinski definition) is 1. The van der Waals surface area contributed by atoms with Crippen LogP contribution in [0, 0.1) is 5.92 Å². The smallest absolute Gasteiger partial charge is 0.221 e. The van der Waals surface area contributed by atoms with E-state index in [1.54, 1.807) is 0 Å². The van der Waals surface area contributed by atoms with Crippen LogP contribution >= 0.6 is 0 Å². The molecule has 0 aromatic heterocycles. The standard InChI is InChI=1S/C7H9NO3/c8-7(11)4-1-5(9)3-6(10)2-4/h4H,1-3H2,(H2,8,11). The Bertz CT molecular complexity index is 206. The molecule has 1 amide bonds. The molecule has 0 unspecified atom stereocenters. The minimum absolute atomic E-state index is 0.0240. The highest BCUT2D eigenvalue weighted by Crippen LogP contribution is 2.17. The molecule has 0 aromatic rings. The zero-order valence-corrected chi connectivity index (χ0v) is 6.00. The monoisotopic (exact) mass is 155 g/mol. The van der Waals surface area contributed by atoms with Crippen LogP contribution in [0.3, 0.4) is 0 Å². The third-order valence-corrected chi connectivity index (χ3v) is 1.74. The van der Waals surface area contributed by atoms with Gasteiger partial charge in [-0.25, -0.2) is 0 Å². The zero-order chi connectivity index (χ0) is 8.43. The fourth-order valence-corrected chi connectivity index (χ4v) is 1.19. The summed E-state index contributed by atoms with van der Waals surface area (Å²) in [6.07, 6.45) is 0.256. The van der Waals surface area contributed by atoms with E-state index in [1.165, 1.54) is 0 Å². The molecule has 2 N–H and O–H groups in total. The summed E-state index contributed by atoms with van der Waals surface area (Å²) in [4.78, 5) is 32.1. The Balaban J connectivity index is 2.63. The van der Waals surface area contributed by atoms with Crippen LogP contribution in [0.25, 0.3) is 0 Å². The minimum Gasteiger partial charge on any atom is -0.369 e. The van der Waals surface area contributed by atoms with Gasteiger partial charge in [0.1, 0.15) is 11.6 Å². The van der Waals surface area contributed by atoms with Crippen LogP contribution in [0.2, 0.25) is 0 Å². The summed E-state index contributed by atoms with van der Waals surface area (Å²) in [6, 6.07) is 0. The van der Waals surface area contributed by atoms with Crippen molar-refractivity contribution >= 4 is 17.5 Å². The molecule has 4 nitrogen and oxygen atoms in total. The number of rotatable bonds is 1. The Labute approximate surface area is 63.7 Å². The molecule has 0 bridgehead atoms. The number of ketones is 2. The first-order valence-corrected chi connectivity index (χ1v) is 3.42. The first-order valence-electron chi connectivity index (χ1n) is 3.42. The molecule has 1 aliphatic rings. The van der Waals surface area contributed by atoms with Crippen LogP contribution in [0.5, 0.6) is 0 Å². The van der Waals surface area contributed by atoms with E-state index in [-0.39, 0.29) is 30.8 Å². The summed E-state index contributed by atoms with van der Waals surface area (Å²) in [5, 5.41) is 0. The zero-order valence-electron chi connectivity index (χ0n) is 6.00. The van der Waals surface area contributed by atoms with Crippen LogP contribution in [0.4, 0.5) is 0 Å². The Morgan fingerprint density at radius 1 is 1.27 bits per heavy atom. The van der Waals surface area contributed by atoms with Crippen molar-refractivity contribution in [3.8, 4) is 0 Å². The van der Waals surface area contributed by atoms with E-state index in [0.29, 0.717) is 0 Å². The summed E-state index contributed by atoms with van der Waals surface area (Å²) in [7, 11) is 0. The van der Waals surface area contributed by atoms with E-state index in [4.69, 9.17) is 5.73 Å². The second-order valence-corrected chi connectivity index (χ2v) is 2.76. The molecule has 0 radical (unpaired) electrons. The number of carbonyl (C=O) groups is 3. The minimum atomic E-state index is -0.552. The van der Waals surface area contributed by atoms with Gasteiger partial charge in [-0.3, -0.25) is 14.4 Å². The van der Waals surface area contributed by atoms with Gasteiger partial charge < -0.3 is 5.73 Å². The lowest BCUT2D eigenvalue weighted by atomic mass is 9.87. The third kappa shape index (κ3) is 1.86. The highest BCUT2D eigenvalue weighted by atomic mass is 16.2. The first kappa shape index (κ1) is 7.91. The van der Waals surface area contributed by atoms with E-state index in [2.05, 4.69) is 0 Å². The van der Waals surface area contributed by atoms with Gasteiger partial charge in [0.25, 0.3) is 0 Å². The van der Waals surface area contributed by atoms with Gasteiger partial charge in [-0.2, -0.15) is 0 Å². The van der Waals surface area contributed by atoms with Crippen molar-refractivity contribution in [3.05, 3.63) is 0 Å². The summed E-state index contributed by atoms with van der Waals surface area (Å²) < 4.78 is 0. The van der Waals surface area contributed by atoms with Crippen LogP contribution in [0.15, 0.2) is 0 Å². The molecule has 0 atom stereocenters. The summed E-state index contributed by atoms with van der Waals surface area (Å²) in [6.45, 7) is 0. The van der Waals surface area contributed by atoms with Gasteiger partial charge in [0.05, 0.1) is 12.3 Å². The summed E-state index contributed by atoms with van der Waals surface area (Å²) in [5.74, 6) is -1.45. The van der Waals surface area contributed by atoms with Gasteiger partial charge >= 0.3 is 0 Å². The molecule has 60 valence electrons. The molecule has 0 aromatic carbocycles. The van der Waals surface area contributed by atoms with E-state index in [1.807, 2.05) is 0 Å². The quantitative estimate of drug-likeness (QED) is 0.514. The molecule has 1 rings (SSSR count). The van der Waals surface area contributed by atoms with Crippen LogP contribution in [-0.4, -0.2) is 17.5 Å². The lowest BCUT2D eigenvalue weighted by Gasteiger charge is -2.15. The summed E-state index contributed by atoms with van der Waals surface area (Å²) in [5.41, 5.74) is 4.95. The highest BCUT2D eigenvalue weighted by molar-refractivity contribution is 6.04. The summed E-state index contributed by atoms with van der Waals surface area (Å²) >= 11 is 0. The van der Waals surface area contributed by atoms with Crippen molar-refractivity contribution < 1.29 is 14.4 Å². The van der Waals surface area contributed by atoms with E-state index in [0.717, 1.165) is 0 Å². The normalized spacial score (nSPS) is 20.4. The molecule has 1 saturated carbocycles. The molecule has 4 heteroatoms. The maximum Gasteiger partial charge on any atom is 0.221 e. The molecule has 0 saturated heterocycles. The Hall–Kier alpha value is -1.19. The second kappa shape index (κ2) is 2.82. The fourth-order valence-electron chi connectivity index (χ4n) is 1.19. The van der Waals surface area contributed by atoms with Crippen molar-refractivity contribution in [1.29, 1.82) is 0 Å². The molecule has 0 spiro atoms. The van der Waals surface area contributed by atoms with Crippen LogP contribution in [-0.2, 0) is 14.4 Å². The van der Waals surface area contributed by atoms with Crippen LogP contribution < -0.4 is 5.73 Å². The van der Waals surface area contributed by atoms with Crippen molar-refractivity contribution in [2.24, 2.45) is 11.7 Å². The maximum absolute atomic E-state index is 10.8. The predicted octanol–water partition coefficient (Wildman–Crippen LogP) is -0.590. The Morgan fingerprint density at radius 3 is 2.09 bits per heavy atom. The van der Waals surface area contributed by atoms with E-state index >= 15 is 0 Å². The van der Waals surface area contributed by atoms with Crippen LogP contribution in [0.1, 0.15) is 19.3 Å². The van der Waals surface area contributed by atoms with Gasteiger partial charge in [-0.05, 0) is 0 Å². The Morgan fingerprint density at radius 2 is 1.73 bits per heavy atom. The van der Waals surface area contributed by atoms with Gasteiger partial charge in [-0.15, -0.1) is 0 Å². The van der Waals surface area contributed by atoms with Gasteiger partial charge in [0.15, 0.2) is 0 Å². The first-order chi connectivity index (χ1) is 5.09. The van der Waals surface area contributed by atoms with Crippen molar-refractivity contribution in [1.82, 2.24) is 0 Å². The lowest BCUT2D eigenvalue weighted by Crippen LogP contribution is -2.32. The number of Topliss-reactive ketones (excluding diaryl/α,β-unsaturated/α-hetero) is 2. The maximum atomic E-state index is 10.8. The van der Waals surface area contributed by atoms with E-state index < -0.39 is 11.8 Å². The molecular weight excluding hydrogens is 146 g/mol. The third-order valence-electron chi connectivity index (χ3n) is 1.74. The predicted molar refractivity (Wildman–Crippen MR) is 36.5 cm³/mol. The molecule has 11 heavy (non-hydrogen) atoms. The van der Waals surface area contributed by atoms with Gasteiger partial charge in [0, 0.05) is 12.8 Å². The molecule has 1 fully saturated rings. The number of carbonyl (C=O) groups excluding carboxylic acids is 3. The Kier molecular flexibility index (Phi) is 2.03. The average Bonchev–Trinajstić information content (AvgIpc) is 1.85. The SMILES string of the molecule is NC(=O)C1CC(=O)CC(=O)C1. The van der Waals surface area contributed by atoms with Gasteiger partial charge in [0.2, 0.25) is 5.91 Å². The lowest BCUT2D eigenvalue weighted by molar-refractivity contribution is -0.136. The van der Waals surface area contributed by atoms with Crippen molar-refractivity contribution in [2.75, 3.05) is 0 Å². The molecule has 0 aliphatic heterocycles. The topological polar surface area (TPSA) is 77.2 Å². The van der Waals surface area contributed by atoms with E-state index in [9.17, 15) is 14.4 Å². The fraction of sp³-hybridized carbons (Fsp3) is 0.571. The number of nitrogens with two attached hydrogens (primary N) is 1. The second-order valence-electron chi connectivity index (χ2n) is 2.76. The van der Waals surface area contributed by atoms with Gasteiger partial charge in [-0.1, -0.05) is 0 Å².